The van der Waals surface area contributed by atoms with Gasteiger partial charge in [-0.15, -0.1) is 0 Å². The summed E-state index contributed by atoms with van der Waals surface area (Å²) < 4.78 is 23.9. The van der Waals surface area contributed by atoms with Crippen molar-refractivity contribution in [3.05, 3.63) is 70.1 Å². The van der Waals surface area contributed by atoms with Crippen molar-refractivity contribution in [3.8, 4) is 5.75 Å². The number of carbonyl (C=O) groups is 1. The molecule has 1 heterocycles. The van der Waals surface area contributed by atoms with E-state index >= 15 is 0 Å². The van der Waals surface area contributed by atoms with Crippen LogP contribution in [0.5, 0.6) is 5.75 Å². The normalized spacial score (nSPS) is 10.7. The molecule has 0 saturated heterocycles. The summed E-state index contributed by atoms with van der Waals surface area (Å²) in [6, 6.07) is 11.7. The van der Waals surface area contributed by atoms with Gasteiger partial charge in [0, 0.05) is 35.8 Å². The first-order valence-corrected chi connectivity index (χ1v) is 9.14. The smallest absolute Gasteiger partial charge is 0.277 e. The van der Waals surface area contributed by atoms with Crippen molar-refractivity contribution in [1.82, 2.24) is 20.9 Å². The van der Waals surface area contributed by atoms with Crippen molar-refractivity contribution in [3.63, 3.8) is 0 Å². The molecule has 3 rings (SSSR count). The summed E-state index contributed by atoms with van der Waals surface area (Å²) in [6.07, 6.45) is 0. The van der Waals surface area contributed by atoms with Crippen LogP contribution in [0.3, 0.4) is 0 Å². The Hall–Kier alpha value is -3.17. The quantitative estimate of drug-likeness (QED) is 0.456. The Kier molecular flexibility index (Phi) is 6.99. The molecular weight excluding hydrogens is 401 g/mol. The number of carbonyl (C=O) groups excluding carboxylic acids is 1. The predicted octanol–water partition coefficient (Wildman–Crippen LogP) is 2.54. The highest BCUT2D eigenvalue weighted by atomic mass is 35.5. The van der Waals surface area contributed by atoms with Crippen LogP contribution in [-0.2, 0) is 13.2 Å². The first-order valence-electron chi connectivity index (χ1n) is 8.76. The third kappa shape index (κ3) is 5.66. The molecule has 0 radical (unpaired) electrons. The molecule has 29 heavy (non-hydrogen) atoms. The van der Waals surface area contributed by atoms with Gasteiger partial charge in [-0.3, -0.25) is 4.79 Å². The zero-order chi connectivity index (χ0) is 20.6. The summed E-state index contributed by atoms with van der Waals surface area (Å²) in [4.78, 5) is 11.9. The van der Waals surface area contributed by atoms with E-state index in [1.165, 1.54) is 6.07 Å². The molecule has 1 aromatic heterocycles. The molecule has 0 atom stereocenters. The van der Waals surface area contributed by atoms with Crippen LogP contribution in [0.2, 0.25) is 5.02 Å². The van der Waals surface area contributed by atoms with Gasteiger partial charge in [-0.25, -0.2) is 9.02 Å². The van der Waals surface area contributed by atoms with Crippen LogP contribution in [-0.4, -0.2) is 29.3 Å². The molecule has 0 unspecified atom stereocenters. The van der Waals surface area contributed by atoms with Gasteiger partial charge in [0.1, 0.15) is 18.2 Å². The lowest BCUT2D eigenvalue weighted by Crippen LogP contribution is -2.32. The number of hydrogen-bond donors (Lipinski definition) is 3. The second-order valence-corrected chi connectivity index (χ2v) is 6.50. The van der Waals surface area contributed by atoms with Crippen LogP contribution >= 0.6 is 11.6 Å². The lowest BCUT2D eigenvalue weighted by Gasteiger charge is -2.13. The Balaban J connectivity index is 1.50. The van der Waals surface area contributed by atoms with E-state index in [4.69, 9.17) is 22.1 Å². The number of nitrogen functional groups attached to an aromatic ring is 1. The van der Waals surface area contributed by atoms with E-state index in [0.29, 0.717) is 36.0 Å². The Morgan fingerprint density at radius 2 is 2.00 bits per heavy atom. The van der Waals surface area contributed by atoms with E-state index in [9.17, 15) is 9.18 Å². The van der Waals surface area contributed by atoms with Gasteiger partial charge in [0.25, 0.3) is 5.91 Å². The molecule has 10 heteroatoms. The number of nitrogens with one attached hydrogen (secondary N) is 2. The van der Waals surface area contributed by atoms with E-state index < -0.39 is 5.91 Å². The number of aromatic nitrogens is 2. The predicted molar refractivity (Wildman–Crippen MR) is 105 cm³/mol. The molecule has 152 valence electrons. The van der Waals surface area contributed by atoms with Gasteiger partial charge in [-0.2, -0.15) is 0 Å². The van der Waals surface area contributed by atoms with E-state index in [2.05, 4.69) is 25.6 Å². The van der Waals surface area contributed by atoms with E-state index in [1.807, 2.05) is 0 Å². The van der Waals surface area contributed by atoms with Crippen molar-refractivity contribution in [2.24, 2.45) is 0 Å². The first kappa shape index (κ1) is 20.6. The van der Waals surface area contributed by atoms with Crippen LogP contribution in [0.4, 0.5) is 10.2 Å². The highest BCUT2D eigenvalue weighted by molar-refractivity contribution is 6.30. The largest absolute Gasteiger partial charge is 0.488 e. The number of nitrogens with zero attached hydrogens (tertiary/aromatic N) is 2. The molecule has 0 saturated carbocycles. The van der Waals surface area contributed by atoms with Crippen molar-refractivity contribution < 1.29 is 18.6 Å². The zero-order valence-corrected chi connectivity index (χ0v) is 16.1. The average molecular weight is 420 g/mol. The summed E-state index contributed by atoms with van der Waals surface area (Å²) in [5, 5.41) is 13.2. The molecule has 0 bridgehead atoms. The Morgan fingerprint density at radius 1 is 1.17 bits per heavy atom. The topological polar surface area (TPSA) is 115 Å². The average Bonchev–Trinajstić information content (AvgIpc) is 3.14. The maximum absolute atomic E-state index is 13.8. The highest BCUT2D eigenvalue weighted by Gasteiger charge is 2.15. The van der Waals surface area contributed by atoms with E-state index in [1.54, 1.807) is 36.4 Å². The van der Waals surface area contributed by atoms with Gasteiger partial charge in [-0.05, 0) is 34.6 Å². The van der Waals surface area contributed by atoms with Crippen LogP contribution in [0.15, 0.2) is 47.1 Å². The van der Waals surface area contributed by atoms with Crippen LogP contribution in [0.25, 0.3) is 0 Å². The number of halogens is 2. The van der Waals surface area contributed by atoms with Gasteiger partial charge < -0.3 is 21.1 Å². The lowest BCUT2D eigenvalue weighted by molar-refractivity contribution is 0.0944. The third-order valence-corrected chi connectivity index (χ3v) is 4.23. The fourth-order valence-electron chi connectivity index (χ4n) is 2.52. The Morgan fingerprint density at radius 3 is 2.76 bits per heavy atom. The molecule has 4 N–H and O–H groups in total. The molecule has 0 aliphatic rings. The molecule has 2 aromatic carbocycles. The summed E-state index contributed by atoms with van der Waals surface area (Å²) >= 11 is 6.08. The number of benzene rings is 2. The van der Waals surface area contributed by atoms with Gasteiger partial charge in [0.05, 0.1) is 0 Å². The standard InChI is InChI=1S/C19H19ClFN5O3/c20-14-5-6-16(28-11-12-3-1-2-4-15(12)21)13(9-14)10-23-7-8-24-19(27)17-18(22)26-29-25-17/h1-6,9,23H,7-8,10-11H2,(H2,22,26)(H,24,27). The van der Waals surface area contributed by atoms with Crippen molar-refractivity contribution >= 4 is 23.3 Å². The summed E-state index contributed by atoms with van der Waals surface area (Å²) in [5.74, 6) is -0.260. The fourth-order valence-corrected chi connectivity index (χ4v) is 2.72. The van der Waals surface area contributed by atoms with Gasteiger partial charge in [0.2, 0.25) is 11.5 Å². The van der Waals surface area contributed by atoms with Gasteiger partial charge >= 0.3 is 0 Å². The molecule has 3 aromatic rings. The number of rotatable bonds is 9. The van der Waals surface area contributed by atoms with Crippen molar-refractivity contribution in [2.45, 2.75) is 13.2 Å². The number of amides is 1. The highest BCUT2D eigenvalue weighted by Crippen LogP contribution is 2.24. The maximum atomic E-state index is 13.8. The molecule has 0 aliphatic carbocycles. The maximum Gasteiger partial charge on any atom is 0.277 e. The van der Waals surface area contributed by atoms with Crippen LogP contribution < -0.4 is 21.1 Å². The molecule has 8 nitrogen and oxygen atoms in total. The van der Waals surface area contributed by atoms with Crippen molar-refractivity contribution in [1.29, 1.82) is 0 Å². The van der Waals surface area contributed by atoms with E-state index in [0.717, 1.165) is 5.56 Å². The van der Waals surface area contributed by atoms with Crippen molar-refractivity contribution in [2.75, 3.05) is 18.8 Å². The molecule has 0 spiro atoms. The second-order valence-electron chi connectivity index (χ2n) is 6.06. The number of hydrogen-bond acceptors (Lipinski definition) is 7. The SMILES string of the molecule is Nc1nonc1C(=O)NCCNCc1cc(Cl)ccc1OCc1ccccc1F. The molecule has 1 amide bonds. The molecular formula is C19H19ClFN5O3. The number of nitrogens with two attached hydrogens (primary N) is 1. The third-order valence-electron chi connectivity index (χ3n) is 4.00. The van der Waals surface area contributed by atoms with E-state index in [-0.39, 0.29) is 23.9 Å². The van der Waals surface area contributed by atoms with Crippen LogP contribution in [0, 0.1) is 5.82 Å². The minimum atomic E-state index is -0.470. The van der Waals surface area contributed by atoms with Gasteiger partial charge in [0.15, 0.2) is 0 Å². The zero-order valence-electron chi connectivity index (χ0n) is 15.3. The number of anilines is 1. The Labute approximate surface area is 171 Å². The molecule has 0 aliphatic heterocycles. The summed E-state index contributed by atoms with van der Waals surface area (Å²) in [6.45, 7) is 1.34. The minimum absolute atomic E-state index is 0.0522. The minimum Gasteiger partial charge on any atom is -0.488 e. The monoisotopic (exact) mass is 419 g/mol. The van der Waals surface area contributed by atoms with Crippen LogP contribution in [0.1, 0.15) is 21.6 Å². The Bertz CT molecular complexity index is 982. The fraction of sp³-hybridized carbons (Fsp3) is 0.211. The second kappa shape index (κ2) is 9.85. The molecule has 0 fully saturated rings. The first-order chi connectivity index (χ1) is 14.0. The number of ether oxygens (including phenoxy) is 1. The summed E-state index contributed by atoms with van der Waals surface area (Å²) in [7, 11) is 0. The lowest BCUT2D eigenvalue weighted by atomic mass is 10.2. The van der Waals surface area contributed by atoms with Gasteiger partial charge in [-0.1, -0.05) is 29.8 Å². The summed E-state index contributed by atoms with van der Waals surface area (Å²) in [5.41, 5.74) is 6.69.